The van der Waals surface area contributed by atoms with Gasteiger partial charge in [0.2, 0.25) is 0 Å². The number of rotatable bonds is 5. The lowest BCUT2D eigenvalue weighted by Crippen LogP contribution is -2.42. The minimum Gasteiger partial charge on any atom is -0.348 e. The Labute approximate surface area is 142 Å². The highest BCUT2D eigenvalue weighted by Gasteiger charge is 2.20. The van der Waals surface area contributed by atoms with Gasteiger partial charge in [-0.3, -0.25) is 9.59 Å². The maximum atomic E-state index is 12.9. The van der Waals surface area contributed by atoms with Crippen LogP contribution in [0, 0.1) is 11.7 Å². The fourth-order valence-electron chi connectivity index (χ4n) is 2.80. The predicted molar refractivity (Wildman–Crippen MR) is 92.3 cm³/mol. The molecule has 24 heavy (non-hydrogen) atoms. The molecule has 1 aliphatic rings. The number of nitrogens with one attached hydrogen (secondary N) is 1. The molecule has 1 aromatic rings. The Morgan fingerprint density at radius 1 is 1.25 bits per heavy atom. The molecule has 0 saturated carbocycles. The number of hydrogen-bond acceptors (Lipinski definition) is 3. The summed E-state index contributed by atoms with van der Waals surface area (Å²) in [6, 6.07) is 5.46. The van der Waals surface area contributed by atoms with Crippen LogP contribution in [0.4, 0.5) is 10.1 Å². The molecule has 0 spiro atoms. The Kier molecular flexibility index (Phi) is 6.73. The lowest BCUT2D eigenvalue weighted by atomic mass is 9.99. The van der Waals surface area contributed by atoms with Gasteiger partial charge >= 0.3 is 11.8 Å². The molecule has 0 aliphatic carbocycles. The standard InChI is InChI=1S/C18H26FN3O2/c1-14-8-12-22(13-9-14)11-3-10-20-17(23)18(24)21(2)16-6-4-15(19)5-7-16/h4-7,14H,3,8-13H2,1-2H3,(H,20,23). The van der Waals surface area contributed by atoms with Gasteiger partial charge in [0.25, 0.3) is 0 Å². The number of benzene rings is 1. The second-order valence-electron chi connectivity index (χ2n) is 6.47. The van der Waals surface area contributed by atoms with Gasteiger partial charge in [-0.15, -0.1) is 0 Å². The topological polar surface area (TPSA) is 52.7 Å². The first-order chi connectivity index (χ1) is 11.5. The molecule has 1 fully saturated rings. The van der Waals surface area contributed by atoms with E-state index >= 15 is 0 Å². The van der Waals surface area contributed by atoms with E-state index in [1.807, 2.05) is 0 Å². The van der Waals surface area contributed by atoms with E-state index in [0.29, 0.717) is 12.2 Å². The molecule has 0 atom stereocenters. The van der Waals surface area contributed by atoms with E-state index in [4.69, 9.17) is 0 Å². The quantitative estimate of drug-likeness (QED) is 0.662. The fraction of sp³-hybridized carbons (Fsp3) is 0.556. The highest BCUT2D eigenvalue weighted by molar-refractivity contribution is 6.40. The molecule has 1 aliphatic heterocycles. The van der Waals surface area contributed by atoms with Gasteiger partial charge in [0.15, 0.2) is 0 Å². The van der Waals surface area contributed by atoms with Crippen LogP contribution < -0.4 is 10.2 Å². The third-order valence-corrected chi connectivity index (χ3v) is 4.53. The number of piperidine rings is 1. The van der Waals surface area contributed by atoms with Crippen LogP contribution in [0.3, 0.4) is 0 Å². The van der Waals surface area contributed by atoms with E-state index in [-0.39, 0.29) is 5.82 Å². The predicted octanol–water partition coefficient (Wildman–Crippen LogP) is 2.03. The molecule has 0 unspecified atom stereocenters. The van der Waals surface area contributed by atoms with Crippen molar-refractivity contribution < 1.29 is 14.0 Å². The Bertz CT molecular complexity index is 554. The summed E-state index contributed by atoms with van der Waals surface area (Å²) in [5.41, 5.74) is 0.485. The summed E-state index contributed by atoms with van der Waals surface area (Å²) in [6.45, 7) is 5.92. The van der Waals surface area contributed by atoms with Gasteiger partial charge in [0.1, 0.15) is 5.82 Å². The monoisotopic (exact) mass is 335 g/mol. The number of halogens is 1. The van der Waals surface area contributed by atoms with Crippen molar-refractivity contribution in [1.82, 2.24) is 10.2 Å². The fourth-order valence-corrected chi connectivity index (χ4v) is 2.80. The maximum Gasteiger partial charge on any atom is 0.316 e. The first-order valence-electron chi connectivity index (χ1n) is 8.51. The van der Waals surface area contributed by atoms with Crippen molar-refractivity contribution >= 4 is 17.5 Å². The van der Waals surface area contributed by atoms with Crippen molar-refractivity contribution in [3.05, 3.63) is 30.1 Å². The molecular formula is C18H26FN3O2. The van der Waals surface area contributed by atoms with Crippen LogP contribution in [0.5, 0.6) is 0 Å². The minimum atomic E-state index is -0.645. The minimum absolute atomic E-state index is 0.379. The molecule has 1 aromatic carbocycles. The van der Waals surface area contributed by atoms with Gasteiger partial charge in [-0.2, -0.15) is 0 Å². The smallest absolute Gasteiger partial charge is 0.316 e. The number of anilines is 1. The van der Waals surface area contributed by atoms with Gasteiger partial charge in [-0.1, -0.05) is 6.92 Å². The molecule has 6 heteroatoms. The molecule has 5 nitrogen and oxygen atoms in total. The van der Waals surface area contributed by atoms with Crippen molar-refractivity contribution in [1.29, 1.82) is 0 Å². The zero-order valence-electron chi connectivity index (χ0n) is 14.4. The van der Waals surface area contributed by atoms with Crippen LogP contribution in [0.25, 0.3) is 0 Å². The molecular weight excluding hydrogens is 309 g/mol. The van der Waals surface area contributed by atoms with E-state index in [1.54, 1.807) is 0 Å². The third kappa shape index (κ3) is 5.30. The number of likely N-dealkylation sites (tertiary alicyclic amines) is 1. The van der Waals surface area contributed by atoms with Gasteiger partial charge < -0.3 is 15.1 Å². The average Bonchev–Trinajstić information content (AvgIpc) is 2.59. The van der Waals surface area contributed by atoms with Gasteiger partial charge in [-0.05, 0) is 69.1 Å². The number of hydrogen-bond donors (Lipinski definition) is 1. The van der Waals surface area contributed by atoms with Crippen LogP contribution in [0.2, 0.25) is 0 Å². The summed E-state index contributed by atoms with van der Waals surface area (Å²) in [6.07, 6.45) is 3.29. The van der Waals surface area contributed by atoms with Crippen molar-refractivity contribution in [2.24, 2.45) is 5.92 Å². The second kappa shape index (κ2) is 8.78. The molecule has 132 valence electrons. The third-order valence-electron chi connectivity index (χ3n) is 4.53. The Balaban J connectivity index is 1.69. The largest absolute Gasteiger partial charge is 0.348 e. The molecule has 1 saturated heterocycles. The molecule has 2 amide bonds. The van der Waals surface area contributed by atoms with E-state index in [0.717, 1.165) is 32.0 Å². The summed E-state index contributed by atoms with van der Waals surface area (Å²) in [5.74, 6) is -0.848. The summed E-state index contributed by atoms with van der Waals surface area (Å²) < 4.78 is 12.9. The average molecular weight is 335 g/mol. The second-order valence-corrected chi connectivity index (χ2v) is 6.47. The van der Waals surface area contributed by atoms with Crippen LogP contribution in [0.1, 0.15) is 26.2 Å². The van der Waals surface area contributed by atoms with E-state index < -0.39 is 11.8 Å². The molecule has 0 bridgehead atoms. The Morgan fingerprint density at radius 3 is 2.50 bits per heavy atom. The first-order valence-corrected chi connectivity index (χ1v) is 8.51. The van der Waals surface area contributed by atoms with Crippen LogP contribution in [0.15, 0.2) is 24.3 Å². The molecule has 0 radical (unpaired) electrons. The number of carbonyl (C=O) groups excluding carboxylic acids is 2. The Morgan fingerprint density at radius 2 is 1.88 bits per heavy atom. The van der Waals surface area contributed by atoms with Crippen LogP contribution >= 0.6 is 0 Å². The number of nitrogens with zero attached hydrogens (tertiary/aromatic N) is 2. The van der Waals surface area contributed by atoms with E-state index in [9.17, 15) is 14.0 Å². The summed E-state index contributed by atoms with van der Waals surface area (Å²) >= 11 is 0. The lowest BCUT2D eigenvalue weighted by Gasteiger charge is -2.30. The summed E-state index contributed by atoms with van der Waals surface area (Å²) in [4.78, 5) is 27.6. The van der Waals surface area contributed by atoms with Gasteiger partial charge in [-0.25, -0.2) is 4.39 Å². The molecule has 1 heterocycles. The lowest BCUT2D eigenvalue weighted by molar-refractivity contribution is -0.137. The molecule has 1 N–H and O–H groups in total. The van der Waals surface area contributed by atoms with Crippen LogP contribution in [-0.2, 0) is 9.59 Å². The summed E-state index contributed by atoms with van der Waals surface area (Å²) in [7, 11) is 1.50. The number of amides is 2. The Hall–Kier alpha value is -1.95. The highest BCUT2D eigenvalue weighted by atomic mass is 19.1. The van der Waals surface area contributed by atoms with Gasteiger partial charge in [0.05, 0.1) is 0 Å². The van der Waals surface area contributed by atoms with E-state index in [2.05, 4.69) is 17.1 Å². The maximum absolute atomic E-state index is 12.9. The highest BCUT2D eigenvalue weighted by Crippen LogP contribution is 2.16. The summed E-state index contributed by atoms with van der Waals surface area (Å²) in [5, 5.41) is 2.66. The normalized spacial score (nSPS) is 16.0. The molecule has 2 rings (SSSR count). The van der Waals surface area contributed by atoms with Crippen molar-refractivity contribution in [3.8, 4) is 0 Å². The zero-order chi connectivity index (χ0) is 17.5. The first kappa shape index (κ1) is 18.4. The van der Waals surface area contributed by atoms with Crippen LogP contribution in [-0.4, -0.2) is 49.9 Å². The SMILES string of the molecule is CC1CCN(CCCNC(=O)C(=O)N(C)c2ccc(F)cc2)CC1. The van der Waals surface area contributed by atoms with Crippen molar-refractivity contribution in [2.75, 3.05) is 38.1 Å². The number of likely N-dealkylation sites (N-methyl/N-ethyl adjacent to an activating group) is 1. The van der Waals surface area contributed by atoms with Gasteiger partial charge in [0, 0.05) is 19.3 Å². The number of carbonyl (C=O) groups is 2. The van der Waals surface area contributed by atoms with Crippen molar-refractivity contribution in [2.45, 2.75) is 26.2 Å². The zero-order valence-corrected chi connectivity index (χ0v) is 14.4. The van der Waals surface area contributed by atoms with Crippen molar-refractivity contribution in [3.63, 3.8) is 0 Å². The molecule has 0 aromatic heterocycles. The van der Waals surface area contributed by atoms with E-state index in [1.165, 1.54) is 49.1 Å².